The summed E-state index contributed by atoms with van der Waals surface area (Å²) in [5.74, 6) is -2.76. The van der Waals surface area contributed by atoms with Crippen LogP contribution >= 0.6 is 0 Å². The molecule has 1 aliphatic rings. The third-order valence-corrected chi connectivity index (χ3v) is 2.19. The number of hydrogen-bond acceptors (Lipinski definition) is 4. The molecule has 0 aliphatic carbocycles. The molecule has 100 valence electrons. The average molecular weight is 265 g/mol. The molecule has 6 nitrogen and oxygen atoms in total. The van der Waals surface area contributed by atoms with Crippen LogP contribution in [0.5, 0.6) is 0 Å². The Balaban J connectivity index is 0.000000203. The van der Waals surface area contributed by atoms with E-state index in [0.29, 0.717) is 5.69 Å². The SMILES string of the molecule is O=C(O)C(F)(F)F.O=Cc1n[nH]c2c1CNCC2. The van der Waals surface area contributed by atoms with Gasteiger partial charge >= 0.3 is 12.1 Å². The molecule has 1 aliphatic heterocycles. The third-order valence-electron chi connectivity index (χ3n) is 2.19. The number of carboxylic acid groups (broad SMARTS) is 1. The van der Waals surface area contributed by atoms with E-state index in [1.165, 1.54) is 0 Å². The Kier molecular flexibility index (Phi) is 4.43. The molecule has 0 saturated heterocycles. The maximum atomic E-state index is 10.6. The third kappa shape index (κ3) is 3.55. The van der Waals surface area contributed by atoms with Gasteiger partial charge in [-0.3, -0.25) is 9.89 Å². The minimum absolute atomic E-state index is 0.548. The van der Waals surface area contributed by atoms with E-state index in [2.05, 4.69) is 15.5 Å². The zero-order valence-corrected chi connectivity index (χ0v) is 9.04. The van der Waals surface area contributed by atoms with Crippen molar-refractivity contribution in [1.29, 1.82) is 0 Å². The summed E-state index contributed by atoms with van der Waals surface area (Å²) in [7, 11) is 0. The first kappa shape index (κ1) is 14.2. The molecule has 0 spiro atoms. The molecular formula is C9H10F3N3O3. The fourth-order valence-electron chi connectivity index (χ4n) is 1.35. The highest BCUT2D eigenvalue weighted by Gasteiger charge is 2.38. The van der Waals surface area contributed by atoms with E-state index < -0.39 is 12.1 Å². The lowest BCUT2D eigenvalue weighted by atomic mass is 10.1. The fourth-order valence-corrected chi connectivity index (χ4v) is 1.35. The Morgan fingerprint density at radius 2 is 2.06 bits per heavy atom. The largest absolute Gasteiger partial charge is 0.490 e. The van der Waals surface area contributed by atoms with Gasteiger partial charge < -0.3 is 10.4 Å². The highest BCUT2D eigenvalue weighted by molar-refractivity contribution is 5.74. The van der Waals surface area contributed by atoms with Crippen LogP contribution in [0.15, 0.2) is 0 Å². The maximum absolute atomic E-state index is 10.6. The number of carbonyl (C=O) groups excluding carboxylic acids is 1. The molecule has 0 fully saturated rings. The number of H-pyrrole nitrogens is 1. The van der Waals surface area contributed by atoms with Crippen LogP contribution < -0.4 is 5.32 Å². The highest BCUT2D eigenvalue weighted by atomic mass is 19.4. The van der Waals surface area contributed by atoms with Gasteiger partial charge in [-0.2, -0.15) is 18.3 Å². The summed E-state index contributed by atoms with van der Waals surface area (Å²) >= 11 is 0. The smallest absolute Gasteiger partial charge is 0.475 e. The molecule has 1 aromatic heterocycles. The van der Waals surface area contributed by atoms with E-state index in [-0.39, 0.29) is 0 Å². The molecule has 0 radical (unpaired) electrons. The van der Waals surface area contributed by atoms with Crippen LogP contribution in [0.2, 0.25) is 0 Å². The van der Waals surface area contributed by atoms with E-state index in [1.807, 2.05) is 0 Å². The number of halogens is 3. The number of fused-ring (bicyclic) bond motifs is 1. The Bertz CT molecular complexity index is 442. The lowest BCUT2D eigenvalue weighted by molar-refractivity contribution is -0.192. The molecule has 2 rings (SSSR count). The van der Waals surface area contributed by atoms with Gasteiger partial charge in [0.25, 0.3) is 0 Å². The number of hydrogen-bond donors (Lipinski definition) is 3. The van der Waals surface area contributed by atoms with Crippen molar-refractivity contribution in [3.63, 3.8) is 0 Å². The van der Waals surface area contributed by atoms with Gasteiger partial charge in [0.2, 0.25) is 0 Å². The maximum Gasteiger partial charge on any atom is 0.490 e. The predicted molar refractivity (Wildman–Crippen MR) is 53.1 cm³/mol. The monoisotopic (exact) mass is 265 g/mol. The second-order valence-corrected chi connectivity index (χ2v) is 3.41. The molecule has 0 unspecified atom stereocenters. The van der Waals surface area contributed by atoms with Gasteiger partial charge in [0.1, 0.15) is 5.69 Å². The molecule has 0 amide bonds. The standard InChI is InChI=1S/C7H9N3O.C2HF3O2/c11-4-7-5-3-8-2-1-6(5)9-10-7;3-2(4,5)1(6)7/h4,8H,1-3H2,(H,9,10);(H,6,7). The van der Waals surface area contributed by atoms with Crippen molar-refractivity contribution in [2.45, 2.75) is 19.1 Å². The average Bonchev–Trinajstić information content (AvgIpc) is 2.71. The molecule has 0 atom stereocenters. The number of nitrogens with one attached hydrogen (secondary N) is 2. The summed E-state index contributed by atoms with van der Waals surface area (Å²) in [6.07, 6.45) is -3.35. The number of carbonyl (C=O) groups is 2. The topological polar surface area (TPSA) is 95.1 Å². The van der Waals surface area contributed by atoms with Crippen LogP contribution in [0.1, 0.15) is 21.7 Å². The van der Waals surface area contributed by atoms with Gasteiger partial charge in [-0.05, 0) is 0 Å². The lowest BCUT2D eigenvalue weighted by Crippen LogP contribution is -2.23. The molecule has 0 aromatic carbocycles. The van der Waals surface area contributed by atoms with Crippen molar-refractivity contribution in [3.8, 4) is 0 Å². The zero-order valence-electron chi connectivity index (χ0n) is 9.04. The van der Waals surface area contributed by atoms with Crippen molar-refractivity contribution in [1.82, 2.24) is 15.5 Å². The molecule has 3 N–H and O–H groups in total. The number of aromatic amines is 1. The van der Waals surface area contributed by atoms with Crippen LogP contribution in [0.25, 0.3) is 0 Å². The summed E-state index contributed by atoms with van der Waals surface area (Å²) in [5.41, 5.74) is 2.68. The normalized spacial score (nSPS) is 14.2. The van der Waals surface area contributed by atoms with E-state index in [0.717, 1.165) is 37.1 Å². The second-order valence-electron chi connectivity index (χ2n) is 3.41. The van der Waals surface area contributed by atoms with Crippen LogP contribution in [0.3, 0.4) is 0 Å². The van der Waals surface area contributed by atoms with E-state index in [4.69, 9.17) is 9.90 Å². The summed E-state index contributed by atoms with van der Waals surface area (Å²) in [4.78, 5) is 19.3. The summed E-state index contributed by atoms with van der Waals surface area (Å²) < 4.78 is 31.7. The lowest BCUT2D eigenvalue weighted by Gasteiger charge is -2.11. The number of aromatic nitrogens is 2. The first-order chi connectivity index (χ1) is 8.36. The number of aldehydes is 1. The first-order valence-corrected chi connectivity index (χ1v) is 4.88. The molecule has 1 aromatic rings. The molecule has 2 heterocycles. The van der Waals surface area contributed by atoms with Crippen molar-refractivity contribution in [2.75, 3.05) is 6.54 Å². The van der Waals surface area contributed by atoms with Crippen molar-refractivity contribution in [2.24, 2.45) is 0 Å². The minimum atomic E-state index is -5.08. The number of aliphatic carboxylic acids is 1. The van der Waals surface area contributed by atoms with Crippen LogP contribution in [0, 0.1) is 0 Å². The molecule has 9 heteroatoms. The van der Waals surface area contributed by atoms with Gasteiger partial charge in [-0.1, -0.05) is 0 Å². The van der Waals surface area contributed by atoms with E-state index in [9.17, 15) is 18.0 Å². The van der Waals surface area contributed by atoms with E-state index >= 15 is 0 Å². The minimum Gasteiger partial charge on any atom is -0.475 e. The molecule has 0 bridgehead atoms. The van der Waals surface area contributed by atoms with Crippen LogP contribution in [-0.4, -0.2) is 40.3 Å². The Morgan fingerprint density at radius 3 is 2.56 bits per heavy atom. The first-order valence-electron chi connectivity index (χ1n) is 4.88. The molecular weight excluding hydrogens is 255 g/mol. The molecule has 0 saturated carbocycles. The van der Waals surface area contributed by atoms with Gasteiger partial charge in [-0.25, -0.2) is 4.79 Å². The molecule has 18 heavy (non-hydrogen) atoms. The van der Waals surface area contributed by atoms with Crippen molar-refractivity contribution < 1.29 is 27.9 Å². The summed E-state index contributed by atoms with van der Waals surface area (Å²) in [6, 6.07) is 0. The highest BCUT2D eigenvalue weighted by Crippen LogP contribution is 2.13. The predicted octanol–water partition coefficient (Wildman–Crippen LogP) is 0.501. The number of nitrogens with zero attached hydrogens (tertiary/aromatic N) is 1. The number of alkyl halides is 3. The van der Waals surface area contributed by atoms with Gasteiger partial charge in [0.05, 0.1) is 0 Å². The number of rotatable bonds is 1. The van der Waals surface area contributed by atoms with Crippen LogP contribution in [-0.2, 0) is 17.8 Å². The van der Waals surface area contributed by atoms with Crippen LogP contribution in [0.4, 0.5) is 13.2 Å². The van der Waals surface area contributed by atoms with Crippen molar-refractivity contribution >= 4 is 12.3 Å². The van der Waals surface area contributed by atoms with Gasteiger partial charge in [-0.15, -0.1) is 0 Å². The van der Waals surface area contributed by atoms with Gasteiger partial charge in [0, 0.05) is 30.8 Å². The Labute approximate surface area is 99.2 Å². The van der Waals surface area contributed by atoms with Crippen molar-refractivity contribution in [3.05, 3.63) is 17.0 Å². The van der Waals surface area contributed by atoms with E-state index in [1.54, 1.807) is 0 Å². The zero-order chi connectivity index (χ0) is 13.8. The number of carboxylic acids is 1. The summed E-state index contributed by atoms with van der Waals surface area (Å²) in [5, 5.41) is 17.0. The quantitative estimate of drug-likeness (QED) is 0.643. The summed E-state index contributed by atoms with van der Waals surface area (Å²) in [6.45, 7) is 1.73. The van der Waals surface area contributed by atoms with Gasteiger partial charge in [0.15, 0.2) is 6.29 Å². The Hall–Kier alpha value is -1.90. The second kappa shape index (κ2) is 5.63. The Morgan fingerprint density at radius 1 is 1.44 bits per heavy atom. The fraction of sp³-hybridized carbons (Fsp3) is 0.444.